The fourth-order valence-electron chi connectivity index (χ4n) is 3.67. The second-order valence-electron chi connectivity index (χ2n) is 8.84. The van der Waals surface area contributed by atoms with Crippen LogP contribution in [0.1, 0.15) is 30.1 Å². The van der Waals surface area contributed by atoms with Crippen molar-refractivity contribution < 1.29 is 37.3 Å². The van der Waals surface area contributed by atoms with E-state index in [0.29, 0.717) is 52.2 Å². The summed E-state index contributed by atoms with van der Waals surface area (Å²) in [5.74, 6) is -2.15. The summed E-state index contributed by atoms with van der Waals surface area (Å²) in [7, 11) is 0. The molecule has 11 nitrogen and oxygen atoms in total. The van der Waals surface area contributed by atoms with E-state index in [2.05, 4.69) is 15.0 Å². The van der Waals surface area contributed by atoms with Crippen LogP contribution in [0, 0.1) is 5.41 Å². The van der Waals surface area contributed by atoms with Gasteiger partial charge in [-0.2, -0.15) is 4.99 Å². The number of aliphatic hydroxyl groups is 1. The maximum Gasteiger partial charge on any atom is 0.573 e. The van der Waals surface area contributed by atoms with Crippen molar-refractivity contribution in [2.75, 3.05) is 51.3 Å². The Hall–Kier alpha value is -2.88. The smallest absolute Gasteiger partial charge is 0.404 e. The first kappa shape index (κ1) is 28.7. The first-order chi connectivity index (χ1) is 17.3. The van der Waals surface area contributed by atoms with Gasteiger partial charge in [0.25, 0.3) is 5.91 Å². The maximum atomic E-state index is 12.9. The highest BCUT2D eigenvalue weighted by Crippen LogP contribution is 2.32. The van der Waals surface area contributed by atoms with Crippen molar-refractivity contribution in [2.24, 2.45) is 10.7 Å². The third-order valence-electron chi connectivity index (χ3n) is 5.74. The summed E-state index contributed by atoms with van der Waals surface area (Å²) >= 11 is 0.750. The van der Waals surface area contributed by atoms with Crippen LogP contribution in [-0.2, 0) is 9.53 Å². The molecule has 2 aliphatic heterocycles. The topological polar surface area (TPSA) is 154 Å². The lowest BCUT2D eigenvalue weighted by Gasteiger charge is -2.36. The molecule has 0 atom stereocenters. The number of nitrogens with two attached hydrogens (primary N) is 1. The number of likely N-dealkylation sites (tertiary alicyclic amines) is 1. The number of alkyl halides is 3. The number of nitrogens with zero attached hydrogens (tertiary/aromatic N) is 3. The molecule has 3 rings (SSSR count). The van der Waals surface area contributed by atoms with E-state index >= 15 is 0 Å². The average Bonchev–Trinajstić information content (AvgIpc) is 2.79. The number of anilines is 1. The third kappa shape index (κ3) is 9.18. The van der Waals surface area contributed by atoms with E-state index in [9.17, 15) is 27.9 Å². The van der Waals surface area contributed by atoms with E-state index in [1.807, 2.05) is 0 Å². The predicted octanol–water partition coefficient (Wildman–Crippen LogP) is 1.83. The molecule has 1 aromatic carbocycles. The number of nitrogens with one attached hydrogen (secondary N) is 2. The number of halogens is 3. The monoisotopic (exact) mass is 546 g/mol. The van der Waals surface area contributed by atoms with Crippen molar-refractivity contribution >= 4 is 39.6 Å². The van der Waals surface area contributed by atoms with Gasteiger partial charge in [-0.05, 0) is 49.7 Å². The predicted molar refractivity (Wildman–Crippen MR) is 132 cm³/mol. The van der Waals surface area contributed by atoms with Gasteiger partial charge in [-0.15, -0.1) is 13.2 Å². The number of morpholine rings is 1. The van der Waals surface area contributed by atoms with Gasteiger partial charge in [0.1, 0.15) is 0 Å². The van der Waals surface area contributed by atoms with Crippen molar-refractivity contribution in [1.82, 2.24) is 9.80 Å². The van der Waals surface area contributed by atoms with Gasteiger partial charge in [0.15, 0.2) is 16.1 Å². The highest BCUT2D eigenvalue weighted by molar-refractivity contribution is 8.26. The van der Waals surface area contributed by atoms with Crippen LogP contribution in [0.25, 0.3) is 0 Å². The van der Waals surface area contributed by atoms with Crippen LogP contribution in [-0.4, -0.2) is 95.0 Å². The van der Waals surface area contributed by atoms with Crippen LogP contribution in [0.2, 0.25) is 0 Å². The third-order valence-corrected chi connectivity index (χ3v) is 6.49. The van der Waals surface area contributed by atoms with E-state index in [-0.39, 0.29) is 28.1 Å². The van der Waals surface area contributed by atoms with Crippen LogP contribution in [0.5, 0.6) is 5.75 Å². The normalized spacial score (nSPS) is 18.8. The number of hydrogen-bond acceptors (Lipinski definition) is 8. The Bertz CT molecular complexity index is 1040. The van der Waals surface area contributed by atoms with Gasteiger partial charge in [-0.3, -0.25) is 19.9 Å². The second kappa shape index (κ2) is 12.1. The molecule has 2 heterocycles. The summed E-state index contributed by atoms with van der Waals surface area (Å²) in [6.07, 6.45) is -4.08. The standard InChI is InChI=1S/C22H29F3N6O5S/c1-21(34)4-6-31(7-5-21)20(27)37-19(26)29-18(33)14-2-3-16(36-22(23,24)25)15(12-14)28-17(32)13-30-8-10-35-11-9-30/h2-3,12,27,34H,4-11,13H2,1H3,(H,28,32)(H2,26,29,33). The van der Waals surface area contributed by atoms with Gasteiger partial charge >= 0.3 is 6.36 Å². The van der Waals surface area contributed by atoms with Gasteiger partial charge in [0.2, 0.25) is 5.91 Å². The molecule has 2 amide bonds. The summed E-state index contributed by atoms with van der Waals surface area (Å²) in [4.78, 5) is 32.3. The Labute approximate surface area is 215 Å². The van der Waals surface area contributed by atoms with Crippen LogP contribution >= 0.6 is 11.8 Å². The van der Waals surface area contributed by atoms with Gasteiger partial charge in [0, 0.05) is 31.7 Å². The number of rotatable bonds is 5. The molecule has 0 bridgehead atoms. The Morgan fingerprint density at radius 1 is 1.27 bits per heavy atom. The lowest BCUT2D eigenvalue weighted by molar-refractivity contribution is -0.274. The molecule has 2 saturated heterocycles. The number of carbonyl (C=O) groups is 2. The number of hydrogen-bond donors (Lipinski definition) is 4. The zero-order chi connectivity index (χ0) is 27.2. The Morgan fingerprint density at radius 3 is 2.54 bits per heavy atom. The number of aliphatic imine (C=N–C) groups is 1. The van der Waals surface area contributed by atoms with Gasteiger partial charge in [0.05, 0.1) is 31.0 Å². The SMILES string of the molecule is CC1(O)CCN(C(=N)SC(N)=NC(=O)c2ccc(OC(F)(F)F)c(NC(=O)CN3CCOCC3)c2)CC1. The van der Waals surface area contributed by atoms with Crippen LogP contribution in [0.4, 0.5) is 18.9 Å². The molecule has 2 fully saturated rings. The lowest BCUT2D eigenvalue weighted by atomic mass is 9.94. The maximum absolute atomic E-state index is 12.9. The minimum Gasteiger partial charge on any atom is -0.404 e. The van der Waals surface area contributed by atoms with Crippen LogP contribution in [0.15, 0.2) is 23.2 Å². The van der Waals surface area contributed by atoms with Crippen molar-refractivity contribution in [3.05, 3.63) is 23.8 Å². The first-order valence-corrected chi connectivity index (χ1v) is 12.2. The molecule has 0 unspecified atom stereocenters. The van der Waals surface area contributed by atoms with E-state index in [1.165, 1.54) is 0 Å². The molecular formula is C22H29F3N6O5S. The zero-order valence-corrected chi connectivity index (χ0v) is 21.0. The highest BCUT2D eigenvalue weighted by Gasteiger charge is 2.33. The minimum atomic E-state index is -5.02. The van der Waals surface area contributed by atoms with Gasteiger partial charge < -0.3 is 30.5 Å². The summed E-state index contributed by atoms with van der Waals surface area (Å²) in [5, 5.41) is 20.4. The van der Waals surface area contributed by atoms with Crippen molar-refractivity contribution in [3.8, 4) is 5.75 Å². The number of piperidine rings is 1. The molecule has 0 aliphatic carbocycles. The van der Waals surface area contributed by atoms with Crippen LogP contribution in [0.3, 0.4) is 0 Å². The summed E-state index contributed by atoms with van der Waals surface area (Å²) < 4.78 is 47.8. The molecule has 0 saturated carbocycles. The first-order valence-electron chi connectivity index (χ1n) is 11.4. The van der Waals surface area contributed by atoms with E-state index in [1.54, 1.807) is 16.7 Å². The molecular weight excluding hydrogens is 517 g/mol. The summed E-state index contributed by atoms with van der Waals surface area (Å²) in [6.45, 7) is 4.38. The van der Waals surface area contributed by atoms with E-state index < -0.39 is 29.5 Å². The quantitative estimate of drug-likeness (QED) is 0.320. The van der Waals surface area contributed by atoms with Gasteiger partial charge in [-0.1, -0.05) is 0 Å². The molecule has 0 aromatic heterocycles. The van der Waals surface area contributed by atoms with E-state index in [0.717, 1.165) is 30.0 Å². The largest absolute Gasteiger partial charge is 0.573 e. The number of amides is 2. The number of carbonyl (C=O) groups excluding carboxylic acids is 2. The molecule has 0 spiro atoms. The summed E-state index contributed by atoms with van der Waals surface area (Å²) in [6, 6.07) is 3.01. The number of ether oxygens (including phenoxy) is 2. The number of amidine groups is 2. The number of benzene rings is 1. The highest BCUT2D eigenvalue weighted by atomic mass is 32.2. The van der Waals surface area contributed by atoms with Crippen molar-refractivity contribution in [2.45, 2.75) is 31.7 Å². The number of thioether (sulfide) groups is 1. The average molecular weight is 547 g/mol. The molecule has 0 radical (unpaired) electrons. The van der Waals surface area contributed by atoms with Crippen LogP contribution < -0.4 is 15.8 Å². The molecule has 2 aliphatic rings. The lowest BCUT2D eigenvalue weighted by Crippen LogP contribution is -2.44. The summed E-state index contributed by atoms with van der Waals surface area (Å²) in [5.41, 5.74) is 4.54. The Balaban J connectivity index is 1.69. The Kier molecular flexibility index (Phi) is 9.39. The second-order valence-corrected chi connectivity index (χ2v) is 9.85. The van der Waals surface area contributed by atoms with Crippen molar-refractivity contribution in [1.29, 1.82) is 5.41 Å². The fraction of sp³-hybridized carbons (Fsp3) is 0.545. The Morgan fingerprint density at radius 2 is 1.92 bits per heavy atom. The van der Waals surface area contributed by atoms with E-state index in [4.69, 9.17) is 15.9 Å². The molecule has 1 aromatic rings. The van der Waals surface area contributed by atoms with Crippen molar-refractivity contribution in [3.63, 3.8) is 0 Å². The fourth-order valence-corrected chi connectivity index (χ4v) is 4.31. The zero-order valence-electron chi connectivity index (χ0n) is 20.1. The van der Waals surface area contributed by atoms with Gasteiger partial charge in [-0.25, -0.2) is 0 Å². The molecule has 37 heavy (non-hydrogen) atoms. The molecule has 204 valence electrons. The molecule has 15 heteroatoms. The molecule has 5 N–H and O–H groups in total. The minimum absolute atomic E-state index is 0.0505.